The lowest BCUT2D eigenvalue weighted by atomic mass is 9.94. The minimum Gasteiger partial charge on any atom is -0.422 e. The maximum atomic E-state index is 13.3. The number of hydrogen-bond acceptors (Lipinski definition) is 4. The minimum atomic E-state index is -0.393. The summed E-state index contributed by atoms with van der Waals surface area (Å²) in [5.74, 6) is -0.00419. The van der Waals surface area contributed by atoms with E-state index in [1.807, 2.05) is 34.7 Å². The van der Waals surface area contributed by atoms with Crippen molar-refractivity contribution in [3.8, 4) is 0 Å². The average molecular weight is 393 g/mol. The Bertz CT molecular complexity index is 1120. The highest BCUT2D eigenvalue weighted by molar-refractivity contribution is 6.07. The standard InChI is InChI=1S/C23H27N3O3/c1-24-19(15-18-21(24)17-9-5-6-10-20(17)29-23(18)28)22(27)26-13-11-25(12-14-26)16-7-3-2-4-8-16/h5-6,9-10,15-16H,2-4,7-8,11-14H2,1H3. The minimum absolute atomic E-state index is 0.00419. The van der Waals surface area contributed by atoms with Crippen molar-refractivity contribution in [1.29, 1.82) is 0 Å². The number of hydrogen-bond donors (Lipinski definition) is 0. The molecule has 2 aromatic heterocycles. The maximum Gasteiger partial charge on any atom is 0.345 e. The van der Waals surface area contributed by atoms with E-state index in [4.69, 9.17) is 4.42 Å². The smallest absolute Gasteiger partial charge is 0.345 e. The van der Waals surface area contributed by atoms with Gasteiger partial charge in [-0.3, -0.25) is 9.69 Å². The molecule has 5 rings (SSSR count). The predicted octanol–water partition coefficient (Wildman–Crippen LogP) is 3.38. The van der Waals surface area contributed by atoms with Crippen molar-refractivity contribution in [3.05, 3.63) is 46.4 Å². The summed E-state index contributed by atoms with van der Waals surface area (Å²) in [6, 6.07) is 9.87. The fourth-order valence-electron chi connectivity index (χ4n) is 5.09. The Morgan fingerprint density at radius 3 is 2.48 bits per heavy atom. The summed E-state index contributed by atoms with van der Waals surface area (Å²) >= 11 is 0. The van der Waals surface area contributed by atoms with Gasteiger partial charge in [-0.1, -0.05) is 31.4 Å². The van der Waals surface area contributed by atoms with Gasteiger partial charge in [0.15, 0.2) is 0 Å². The zero-order chi connectivity index (χ0) is 20.0. The van der Waals surface area contributed by atoms with Gasteiger partial charge in [-0.05, 0) is 31.0 Å². The molecule has 0 N–H and O–H groups in total. The van der Waals surface area contributed by atoms with Crippen molar-refractivity contribution in [3.63, 3.8) is 0 Å². The van der Waals surface area contributed by atoms with Crippen molar-refractivity contribution in [2.45, 2.75) is 38.1 Å². The summed E-state index contributed by atoms with van der Waals surface area (Å²) < 4.78 is 7.30. The molecule has 1 saturated heterocycles. The van der Waals surface area contributed by atoms with Crippen LogP contribution in [0.15, 0.2) is 39.5 Å². The van der Waals surface area contributed by atoms with Crippen LogP contribution in [0.3, 0.4) is 0 Å². The molecule has 1 aliphatic carbocycles. The molecule has 3 aromatic rings. The van der Waals surface area contributed by atoms with Crippen LogP contribution in [-0.2, 0) is 7.05 Å². The number of piperazine rings is 1. The van der Waals surface area contributed by atoms with Crippen LogP contribution in [0.4, 0.5) is 0 Å². The van der Waals surface area contributed by atoms with E-state index in [9.17, 15) is 9.59 Å². The van der Waals surface area contributed by atoms with Crippen LogP contribution in [0, 0.1) is 0 Å². The normalized spacial score (nSPS) is 19.3. The largest absolute Gasteiger partial charge is 0.422 e. The van der Waals surface area contributed by atoms with Crippen LogP contribution in [-0.4, -0.2) is 52.5 Å². The van der Waals surface area contributed by atoms with Crippen molar-refractivity contribution >= 4 is 27.8 Å². The summed E-state index contributed by atoms with van der Waals surface area (Å²) in [6.45, 7) is 3.36. The first-order chi connectivity index (χ1) is 14.1. The quantitative estimate of drug-likeness (QED) is 0.627. The Morgan fingerprint density at radius 2 is 1.72 bits per heavy atom. The first kappa shape index (κ1) is 18.4. The van der Waals surface area contributed by atoms with Gasteiger partial charge in [0, 0.05) is 44.7 Å². The number of nitrogens with zero attached hydrogens (tertiary/aromatic N) is 3. The van der Waals surface area contributed by atoms with Crippen molar-refractivity contribution in [2.24, 2.45) is 7.05 Å². The van der Waals surface area contributed by atoms with E-state index < -0.39 is 5.63 Å². The van der Waals surface area contributed by atoms with E-state index in [1.165, 1.54) is 32.1 Å². The number of aromatic nitrogens is 1. The predicted molar refractivity (Wildman–Crippen MR) is 113 cm³/mol. The summed E-state index contributed by atoms with van der Waals surface area (Å²) in [5.41, 5.74) is 1.47. The van der Waals surface area contributed by atoms with Gasteiger partial charge in [-0.2, -0.15) is 0 Å². The second-order valence-electron chi connectivity index (χ2n) is 8.36. The maximum absolute atomic E-state index is 13.3. The third-order valence-corrected chi connectivity index (χ3v) is 6.71. The fourth-order valence-corrected chi connectivity index (χ4v) is 5.09. The van der Waals surface area contributed by atoms with E-state index in [2.05, 4.69) is 4.90 Å². The van der Waals surface area contributed by atoms with Gasteiger partial charge < -0.3 is 13.9 Å². The molecule has 0 spiro atoms. The van der Waals surface area contributed by atoms with Crippen molar-refractivity contribution in [2.75, 3.05) is 26.2 Å². The lowest BCUT2D eigenvalue weighted by molar-refractivity contribution is 0.0516. The Hall–Kier alpha value is -2.60. The van der Waals surface area contributed by atoms with Crippen LogP contribution in [0.2, 0.25) is 0 Å². The highest BCUT2D eigenvalue weighted by Gasteiger charge is 2.29. The molecule has 1 aliphatic heterocycles. The van der Waals surface area contributed by atoms with Crippen LogP contribution < -0.4 is 5.63 Å². The summed E-state index contributed by atoms with van der Waals surface area (Å²) in [6.07, 6.45) is 6.60. The van der Waals surface area contributed by atoms with Gasteiger partial charge in [0.05, 0.1) is 10.9 Å². The fraction of sp³-hybridized carbons (Fsp3) is 0.478. The number of benzene rings is 1. The zero-order valence-corrected chi connectivity index (χ0v) is 16.9. The molecule has 1 amide bonds. The summed E-state index contributed by atoms with van der Waals surface area (Å²) in [5, 5.41) is 1.32. The number of para-hydroxylation sites is 1. The van der Waals surface area contributed by atoms with Crippen LogP contribution in [0.5, 0.6) is 0 Å². The van der Waals surface area contributed by atoms with Crippen molar-refractivity contribution in [1.82, 2.24) is 14.4 Å². The molecule has 2 aliphatic rings. The van der Waals surface area contributed by atoms with Crippen LogP contribution in [0.1, 0.15) is 42.6 Å². The molecule has 0 radical (unpaired) electrons. The Kier molecular flexibility index (Phi) is 4.66. The van der Waals surface area contributed by atoms with Crippen molar-refractivity contribution < 1.29 is 9.21 Å². The molecular weight excluding hydrogens is 366 g/mol. The topological polar surface area (TPSA) is 58.7 Å². The van der Waals surface area contributed by atoms with Gasteiger partial charge >= 0.3 is 5.63 Å². The number of carbonyl (C=O) groups is 1. The molecule has 2 fully saturated rings. The number of amides is 1. The number of rotatable bonds is 2. The van der Waals surface area contributed by atoms with Gasteiger partial charge in [0.1, 0.15) is 11.3 Å². The van der Waals surface area contributed by atoms with E-state index >= 15 is 0 Å². The van der Waals surface area contributed by atoms with E-state index in [0.717, 1.165) is 37.1 Å². The highest BCUT2D eigenvalue weighted by atomic mass is 16.4. The molecule has 152 valence electrons. The molecule has 6 nitrogen and oxygen atoms in total. The molecule has 1 aromatic carbocycles. The lowest BCUT2D eigenvalue weighted by Gasteiger charge is -2.40. The Labute approximate surface area is 169 Å². The number of aryl methyl sites for hydroxylation is 1. The Balaban J connectivity index is 1.42. The van der Waals surface area contributed by atoms with E-state index in [1.54, 1.807) is 12.1 Å². The van der Waals surface area contributed by atoms with Gasteiger partial charge in [-0.25, -0.2) is 4.79 Å². The van der Waals surface area contributed by atoms with Crippen LogP contribution >= 0.6 is 0 Å². The zero-order valence-electron chi connectivity index (χ0n) is 16.9. The van der Waals surface area contributed by atoms with E-state index in [0.29, 0.717) is 22.7 Å². The third kappa shape index (κ3) is 3.15. The molecule has 0 unspecified atom stereocenters. The SMILES string of the molecule is Cn1c(C(=O)N2CCN(C3CCCCC3)CC2)cc2c(=O)oc3ccccc3c21. The molecule has 0 atom stereocenters. The molecular formula is C23H27N3O3. The molecule has 3 heterocycles. The first-order valence-electron chi connectivity index (χ1n) is 10.7. The van der Waals surface area contributed by atoms with Gasteiger partial charge in [0.2, 0.25) is 0 Å². The average Bonchev–Trinajstić information content (AvgIpc) is 3.12. The van der Waals surface area contributed by atoms with Gasteiger partial charge in [0.25, 0.3) is 5.91 Å². The second kappa shape index (κ2) is 7.34. The van der Waals surface area contributed by atoms with Gasteiger partial charge in [-0.15, -0.1) is 0 Å². The number of carbonyl (C=O) groups excluding carboxylic acids is 1. The first-order valence-corrected chi connectivity index (χ1v) is 10.7. The lowest BCUT2D eigenvalue weighted by Crippen LogP contribution is -2.52. The summed E-state index contributed by atoms with van der Waals surface area (Å²) in [4.78, 5) is 30.2. The summed E-state index contributed by atoms with van der Waals surface area (Å²) in [7, 11) is 1.86. The number of fused-ring (bicyclic) bond motifs is 3. The molecule has 0 bridgehead atoms. The Morgan fingerprint density at radius 1 is 1.00 bits per heavy atom. The third-order valence-electron chi connectivity index (χ3n) is 6.71. The van der Waals surface area contributed by atoms with Crippen LogP contribution in [0.25, 0.3) is 21.9 Å². The molecule has 6 heteroatoms. The van der Waals surface area contributed by atoms with E-state index in [-0.39, 0.29) is 5.91 Å². The second-order valence-corrected chi connectivity index (χ2v) is 8.36. The molecule has 1 saturated carbocycles. The molecule has 29 heavy (non-hydrogen) atoms. The highest BCUT2D eigenvalue weighted by Crippen LogP contribution is 2.27. The monoisotopic (exact) mass is 393 g/mol.